The molecule has 0 amide bonds. The number of nitriles is 1. The molecule has 1 nitrogen and oxygen atoms in total. The van der Waals surface area contributed by atoms with Gasteiger partial charge in [-0.25, -0.2) is 0 Å². The Hall–Kier alpha value is -1.55. The van der Waals surface area contributed by atoms with Gasteiger partial charge in [-0.15, -0.1) is 0 Å². The van der Waals surface area contributed by atoms with Crippen LogP contribution in [0.4, 0.5) is 0 Å². The molecule has 0 fully saturated rings. The van der Waals surface area contributed by atoms with E-state index in [9.17, 15) is 0 Å². The fourth-order valence-corrected chi connectivity index (χ4v) is 1.25. The van der Waals surface area contributed by atoms with Crippen LogP contribution in [0.15, 0.2) is 24.3 Å². The van der Waals surface area contributed by atoms with E-state index in [-0.39, 0.29) is 0 Å². The molecule has 0 N–H and O–H groups in total. The SMILES string of the molecule is Cc1ccc(C=CCC#N)c(C)c1. The van der Waals surface area contributed by atoms with Crippen molar-refractivity contribution < 1.29 is 0 Å². The number of rotatable bonds is 2. The maximum absolute atomic E-state index is 8.36. The van der Waals surface area contributed by atoms with Gasteiger partial charge in [0.05, 0.1) is 12.5 Å². The van der Waals surface area contributed by atoms with Crippen molar-refractivity contribution in [2.75, 3.05) is 0 Å². The minimum absolute atomic E-state index is 0.479. The van der Waals surface area contributed by atoms with Gasteiger partial charge in [0.25, 0.3) is 0 Å². The summed E-state index contributed by atoms with van der Waals surface area (Å²) in [6.45, 7) is 4.16. The molecule has 0 spiro atoms. The highest BCUT2D eigenvalue weighted by atomic mass is 14.2. The van der Waals surface area contributed by atoms with Gasteiger partial charge in [-0.05, 0) is 25.0 Å². The lowest BCUT2D eigenvalue weighted by molar-refractivity contribution is 1.34. The lowest BCUT2D eigenvalue weighted by atomic mass is 10.1. The third-order valence-electron chi connectivity index (χ3n) is 1.93. The first-order chi connectivity index (χ1) is 6.24. The average Bonchev–Trinajstić information content (AvgIpc) is 2.09. The average molecular weight is 171 g/mol. The maximum atomic E-state index is 8.36. The Kier molecular flexibility index (Phi) is 3.28. The van der Waals surface area contributed by atoms with Gasteiger partial charge in [-0.2, -0.15) is 5.26 Å². The molecule has 1 rings (SSSR count). The molecule has 0 radical (unpaired) electrons. The maximum Gasteiger partial charge on any atom is 0.0663 e. The van der Waals surface area contributed by atoms with Gasteiger partial charge in [0, 0.05) is 0 Å². The van der Waals surface area contributed by atoms with Crippen LogP contribution in [0.5, 0.6) is 0 Å². The zero-order valence-electron chi connectivity index (χ0n) is 8.04. The van der Waals surface area contributed by atoms with E-state index >= 15 is 0 Å². The summed E-state index contributed by atoms with van der Waals surface area (Å²) >= 11 is 0. The van der Waals surface area contributed by atoms with Crippen molar-refractivity contribution in [3.05, 3.63) is 41.0 Å². The second kappa shape index (κ2) is 4.47. The van der Waals surface area contributed by atoms with Crippen LogP contribution in [-0.4, -0.2) is 0 Å². The fourth-order valence-electron chi connectivity index (χ4n) is 1.25. The van der Waals surface area contributed by atoms with Crippen LogP contribution in [0.2, 0.25) is 0 Å². The van der Waals surface area contributed by atoms with Gasteiger partial charge in [0.1, 0.15) is 0 Å². The second-order valence-electron chi connectivity index (χ2n) is 3.12. The molecule has 13 heavy (non-hydrogen) atoms. The lowest BCUT2D eigenvalue weighted by Gasteiger charge is -2.00. The third-order valence-corrected chi connectivity index (χ3v) is 1.93. The van der Waals surface area contributed by atoms with E-state index in [0.29, 0.717) is 6.42 Å². The van der Waals surface area contributed by atoms with Crippen molar-refractivity contribution in [2.24, 2.45) is 0 Å². The molecule has 1 heteroatoms. The van der Waals surface area contributed by atoms with Crippen molar-refractivity contribution in [3.8, 4) is 6.07 Å². The van der Waals surface area contributed by atoms with Crippen LogP contribution < -0.4 is 0 Å². The van der Waals surface area contributed by atoms with Crippen LogP contribution in [0.1, 0.15) is 23.1 Å². The molecule has 0 unspecified atom stereocenters. The first-order valence-corrected chi connectivity index (χ1v) is 4.35. The van der Waals surface area contributed by atoms with E-state index in [1.165, 1.54) is 16.7 Å². The number of hydrogen-bond acceptors (Lipinski definition) is 1. The Morgan fingerprint density at radius 2 is 2.15 bits per heavy atom. The molecule has 0 heterocycles. The highest BCUT2D eigenvalue weighted by Gasteiger charge is 1.92. The van der Waals surface area contributed by atoms with Crippen molar-refractivity contribution in [3.63, 3.8) is 0 Å². The Bertz CT molecular complexity index is 356. The van der Waals surface area contributed by atoms with Crippen LogP contribution in [0.3, 0.4) is 0 Å². The Labute approximate surface area is 79.3 Å². The summed E-state index contributed by atoms with van der Waals surface area (Å²) in [6.07, 6.45) is 4.36. The number of aryl methyl sites for hydroxylation is 2. The Morgan fingerprint density at radius 1 is 1.38 bits per heavy atom. The van der Waals surface area contributed by atoms with Crippen molar-refractivity contribution in [1.82, 2.24) is 0 Å². The molecule has 1 aromatic rings. The summed E-state index contributed by atoms with van der Waals surface area (Å²) in [5.41, 5.74) is 3.73. The molecule has 0 saturated heterocycles. The van der Waals surface area contributed by atoms with Gasteiger partial charge in [0.15, 0.2) is 0 Å². The second-order valence-corrected chi connectivity index (χ2v) is 3.12. The van der Waals surface area contributed by atoms with Gasteiger partial charge in [-0.3, -0.25) is 0 Å². The van der Waals surface area contributed by atoms with E-state index in [1.54, 1.807) is 0 Å². The van der Waals surface area contributed by atoms with E-state index in [0.717, 1.165) is 0 Å². The molecule has 0 aliphatic carbocycles. The molecule has 0 bridgehead atoms. The molecule has 0 aliphatic rings. The minimum atomic E-state index is 0.479. The van der Waals surface area contributed by atoms with E-state index in [4.69, 9.17) is 5.26 Å². The predicted molar refractivity (Wildman–Crippen MR) is 55.2 cm³/mol. The van der Waals surface area contributed by atoms with E-state index in [2.05, 4.69) is 38.1 Å². The molecule has 66 valence electrons. The van der Waals surface area contributed by atoms with Crippen molar-refractivity contribution in [1.29, 1.82) is 5.26 Å². The van der Waals surface area contributed by atoms with Gasteiger partial charge in [0.2, 0.25) is 0 Å². The third kappa shape index (κ3) is 2.76. The molecule has 0 aliphatic heterocycles. The predicted octanol–water partition coefficient (Wildman–Crippen LogP) is 3.23. The van der Waals surface area contributed by atoms with E-state index in [1.807, 2.05) is 12.2 Å². The summed E-state index contributed by atoms with van der Waals surface area (Å²) in [6, 6.07) is 8.39. The summed E-state index contributed by atoms with van der Waals surface area (Å²) in [7, 11) is 0. The number of allylic oxidation sites excluding steroid dienone is 1. The highest BCUT2D eigenvalue weighted by Crippen LogP contribution is 2.12. The monoisotopic (exact) mass is 171 g/mol. The van der Waals surface area contributed by atoms with E-state index < -0.39 is 0 Å². The minimum Gasteiger partial charge on any atom is -0.198 e. The first-order valence-electron chi connectivity index (χ1n) is 4.35. The van der Waals surface area contributed by atoms with Crippen molar-refractivity contribution in [2.45, 2.75) is 20.3 Å². The van der Waals surface area contributed by atoms with Crippen LogP contribution in [0.25, 0.3) is 6.08 Å². The lowest BCUT2D eigenvalue weighted by Crippen LogP contribution is -1.81. The smallest absolute Gasteiger partial charge is 0.0663 e. The molecule has 0 atom stereocenters. The standard InChI is InChI=1S/C12H13N/c1-10-6-7-12(11(2)9-10)5-3-4-8-13/h3,5-7,9H,4H2,1-2H3. The largest absolute Gasteiger partial charge is 0.198 e. The van der Waals surface area contributed by atoms with Gasteiger partial charge in [-0.1, -0.05) is 35.9 Å². The summed E-state index contributed by atoms with van der Waals surface area (Å²) < 4.78 is 0. The quantitative estimate of drug-likeness (QED) is 0.670. The topological polar surface area (TPSA) is 23.8 Å². The molecular weight excluding hydrogens is 158 g/mol. The Balaban J connectivity index is 2.85. The number of nitrogens with zero attached hydrogens (tertiary/aromatic N) is 1. The highest BCUT2D eigenvalue weighted by molar-refractivity contribution is 5.54. The molecular formula is C12H13N. The molecule has 1 aromatic carbocycles. The summed E-state index contributed by atoms with van der Waals surface area (Å²) in [5.74, 6) is 0. The first kappa shape index (κ1) is 9.54. The number of benzene rings is 1. The number of hydrogen-bond donors (Lipinski definition) is 0. The zero-order valence-corrected chi connectivity index (χ0v) is 8.04. The summed E-state index contributed by atoms with van der Waals surface area (Å²) in [4.78, 5) is 0. The van der Waals surface area contributed by atoms with Crippen LogP contribution >= 0.6 is 0 Å². The van der Waals surface area contributed by atoms with Crippen LogP contribution in [-0.2, 0) is 0 Å². The zero-order chi connectivity index (χ0) is 9.68. The summed E-state index contributed by atoms with van der Waals surface area (Å²) in [5, 5.41) is 8.36. The van der Waals surface area contributed by atoms with Crippen LogP contribution in [0, 0.1) is 25.2 Å². The molecule has 0 aromatic heterocycles. The Morgan fingerprint density at radius 3 is 2.77 bits per heavy atom. The van der Waals surface area contributed by atoms with Crippen molar-refractivity contribution >= 4 is 6.08 Å². The molecule has 0 saturated carbocycles. The van der Waals surface area contributed by atoms with Gasteiger partial charge >= 0.3 is 0 Å². The normalized spacial score (nSPS) is 10.2. The fraction of sp³-hybridized carbons (Fsp3) is 0.250. The van der Waals surface area contributed by atoms with Gasteiger partial charge < -0.3 is 0 Å².